The van der Waals surface area contributed by atoms with Gasteiger partial charge in [0.25, 0.3) is 5.91 Å². The molecule has 0 aromatic heterocycles. The van der Waals surface area contributed by atoms with E-state index in [1.165, 1.54) is 10.5 Å². The van der Waals surface area contributed by atoms with E-state index in [1.807, 2.05) is 26.0 Å². The molecule has 5 aliphatic rings. The van der Waals surface area contributed by atoms with Crippen LogP contribution in [-0.4, -0.2) is 90.3 Å². The van der Waals surface area contributed by atoms with Gasteiger partial charge in [-0.2, -0.15) is 0 Å². The molecule has 52 heavy (non-hydrogen) atoms. The Morgan fingerprint density at radius 3 is 2.50 bits per heavy atom. The lowest BCUT2D eigenvalue weighted by molar-refractivity contribution is -0.141. The quantitative estimate of drug-likeness (QED) is 0.339. The summed E-state index contributed by atoms with van der Waals surface area (Å²) < 4.78 is 39.0. The van der Waals surface area contributed by atoms with Gasteiger partial charge in [-0.1, -0.05) is 70.6 Å². The summed E-state index contributed by atoms with van der Waals surface area (Å²) in [6.07, 6.45) is 6.78. The largest absolute Gasteiger partial charge is 0.450 e. The molecule has 6 rings (SSSR count). The van der Waals surface area contributed by atoms with E-state index in [1.54, 1.807) is 4.90 Å². The fraction of sp³-hybridized carbons (Fsp3) is 0.703. The summed E-state index contributed by atoms with van der Waals surface area (Å²) >= 11 is 0. The van der Waals surface area contributed by atoms with E-state index >= 15 is 0 Å². The number of nitrogens with one attached hydrogen (secondary N) is 3. The molecule has 5 amide bonds. The highest BCUT2D eigenvalue weighted by atomic mass is 32.2. The maximum Gasteiger partial charge on any atom is 0.410 e. The van der Waals surface area contributed by atoms with Gasteiger partial charge in [0, 0.05) is 19.5 Å². The number of sulfonamides is 1. The maximum absolute atomic E-state index is 14.3. The Balaban J connectivity index is 1.24. The number of hydrogen-bond donors (Lipinski definition) is 3. The van der Waals surface area contributed by atoms with E-state index in [4.69, 9.17) is 9.47 Å². The molecule has 0 radical (unpaired) electrons. The fourth-order valence-corrected chi connectivity index (χ4v) is 9.27. The summed E-state index contributed by atoms with van der Waals surface area (Å²) in [5, 5.41) is 4.92. The fourth-order valence-electron chi connectivity index (χ4n) is 7.90. The van der Waals surface area contributed by atoms with Crippen molar-refractivity contribution in [2.45, 2.75) is 146 Å². The number of ether oxygens (including phenoxy) is 2. The first-order valence-electron chi connectivity index (χ1n) is 19.1. The number of fused-ring (bicyclic) bond motifs is 3. The number of hydrogen-bond acceptors (Lipinski definition) is 9. The topological polar surface area (TPSA) is 181 Å². The summed E-state index contributed by atoms with van der Waals surface area (Å²) in [6.45, 7) is 4.75. The van der Waals surface area contributed by atoms with Crippen molar-refractivity contribution in [1.82, 2.24) is 25.2 Å². The van der Waals surface area contributed by atoms with Crippen LogP contribution in [0.4, 0.5) is 9.59 Å². The van der Waals surface area contributed by atoms with Crippen LogP contribution in [0.2, 0.25) is 0 Å². The number of benzene rings is 1. The van der Waals surface area contributed by atoms with Crippen molar-refractivity contribution in [3.05, 3.63) is 34.9 Å². The molecule has 1 aromatic rings. The first kappa shape index (κ1) is 37.9. The molecule has 4 bridgehead atoms. The molecule has 2 saturated carbocycles. The average molecular weight is 744 g/mol. The van der Waals surface area contributed by atoms with Gasteiger partial charge in [-0.15, -0.1) is 0 Å². The smallest absolute Gasteiger partial charge is 0.410 e. The van der Waals surface area contributed by atoms with Gasteiger partial charge in [0.15, 0.2) is 0 Å². The molecular formula is C37H53N5O9S. The number of cyclic esters (lactones) is 1. The standard InChI is InChI=1S/C37H53N5O9S/c1-3-5-15-30-33(44)42-22-27(19-31(42)32(43)39-37(20-26(37)4-2)34(45)40-52(48,49)28-16-17-28)51-36(47)41-21-25-14-11-13-24(29(25)23-41)12-9-7-6-8-10-18-50-35(46)38-30/h11,13-14,26-28,30-31H,3-10,12,15-23H2,1-2H3,(H,38,46)(H,39,43)(H,40,45)/t26?,27-,30+,31+,37-/m1/s1. The van der Waals surface area contributed by atoms with Gasteiger partial charge >= 0.3 is 12.2 Å². The van der Waals surface area contributed by atoms with E-state index in [0.29, 0.717) is 51.6 Å². The van der Waals surface area contributed by atoms with E-state index in [0.717, 1.165) is 49.7 Å². The highest BCUT2D eigenvalue weighted by molar-refractivity contribution is 7.91. The zero-order valence-corrected chi connectivity index (χ0v) is 31.1. The Kier molecular flexibility index (Phi) is 11.7. The Hall–Kier alpha value is -3.88. The molecule has 3 fully saturated rings. The van der Waals surface area contributed by atoms with Crippen LogP contribution in [-0.2, 0) is 53.4 Å². The Morgan fingerprint density at radius 1 is 1.02 bits per heavy atom. The SMILES string of the molecule is CCCC[C@@H]1NC(=O)OCCCCCCCc2cccc3c2CN(C3)C(=O)O[C@@H]2C[C@@H](C(=O)N[C@]3(C(=O)NS(=O)(=O)C4CC4)CC3CC)N(C2)C1=O. The van der Waals surface area contributed by atoms with Crippen molar-refractivity contribution < 1.29 is 41.9 Å². The second-order valence-electron chi connectivity index (χ2n) is 15.1. The van der Waals surface area contributed by atoms with Crippen LogP contribution in [0, 0.1) is 5.92 Å². The summed E-state index contributed by atoms with van der Waals surface area (Å²) in [5.41, 5.74) is 1.97. The molecule has 1 aromatic carbocycles. The first-order valence-corrected chi connectivity index (χ1v) is 20.7. The van der Waals surface area contributed by atoms with Gasteiger partial charge in [0.1, 0.15) is 23.7 Å². The number of carbonyl (C=O) groups excluding carboxylic acids is 5. The van der Waals surface area contributed by atoms with Crippen LogP contribution < -0.4 is 15.4 Å². The van der Waals surface area contributed by atoms with E-state index in [-0.39, 0.29) is 31.9 Å². The van der Waals surface area contributed by atoms with E-state index in [2.05, 4.69) is 21.4 Å². The van der Waals surface area contributed by atoms with Crippen LogP contribution in [0.15, 0.2) is 18.2 Å². The first-order chi connectivity index (χ1) is 25.0. The van der Waals surface area contributed by atoms with Crippen LogP contribution >= 0.6 is 0 Å². The predicted octanol–water partition coefficient (Wildman–Crippen LogP) is 3.79. The minimum absolute atomic E-state index is 0.0326. The third kappa shape index (κ3) is 8.50. The second-order valence-corrected chi connectivity index (χ2v) is 17.1. The lowest BCUT2D eigenvalue weighted by Crippen LogP contribution is -2.58. The number of unbranched alkanes of at least 4 members (excludes halogenated alkanes) is 1. The molecule has 14 nitrogen and oxygen atoms in total. The molecule has 0 spiro atoms. The number of nitrogens with zero attached hydrogens (tertiary/aromatic N) is 2. The highest BCUT2D eigenvalue weighted by Crippen LogP contribution is 2.47. The summed E-state index contributed by atoms with van der Waals surface area (Å²) in [7, 11) is -3.86. The van der Waals surface area contributed by atoms with Crippen molar-refractivity contribution in [2.75, 3.05) is 13.2 Å². The number of carbonyl (C=O) groups is 5. The molecule has 3 aliphatic heterocycles. The van der Waals surface area contributed by atoms with Gasteiger partial charge < -0.3 is 25.0 Å². The number of aryl methyl sites for hydroxylation is 1. The van der Waals surface area contributed by atoms with Gasteiger partial charge in [-0.05, 0) is 67.6 Å². The van der Waals surface area contributed by atoms with Crippen molar-refractivity contribution in [2.24, 2.45) is 5.92 Å². The van der Waals surface area contributed by atoms with Crippen molar-refractivity contribution >= 4 is 39.9 Å². The third-order valence-electron chi connectivity index (χ3n) is 11.3. The monoisotopic (exact) mass is 743 g/mol. The zero-order chi connectivity index (χ0) is 37.0. The summed E-state index contributed by atoms with van der Waals surface area (Å²) in [4.78, 5) is 71.4. The highest BCUT2D eigenvalue weighted by Gasteiger charge is 2.62. The number of rotatable bonds is 9. The number of amides is 5. The van der Waals surface area contributed by atoms with Crippen molar-refractivity contribution in [3.8, 4) is 0 Å². The van der Waals surface area contributed by atoms with Gasteiger partial charge in [0.05, 0.1) is 18.4 Å². The Morgan fingerprint density at radius 2 is 1.77 bits per heavy atom. The third-order valence-corrected chi connectivity index (χ3v) is 13.1. The van der Waals surface area contributed by atoms with Crippen molar-refractivity contribution in [3.63, 3.8) is 0 Å². The van der Waals surface area contributed by atoms with Crippen LogP contribution in [0.3, 0.4) is 0 Å². The van der Waals surface area contributed by atoms with Crippen molar-refractivity contribution in [1.29, 1.82) is 0 Å². The molecule has 3 heterocycles. The second kappa shape index (κ2) is 16.0. The molecular weight excluding hydrogens is 690 g/mol. The molecule has 1 unspecified atom stereocenters. The van der Waals surface area contributed by atoms with Crippen LogP contribution in [0.25, 0.3) is 0 Å². The molecule has 1 saturated heterocycles. The number of alkyl carbamates (subject to hydrolysis) is 1. The van der Waals surface area contributed by atoms with Gasteiger partial charge in [0.2, 0.25) is 21.8 Å². The summed E-state index contributed by atoms with van der Waals surface area (Å²) in [5.74, 6) is -2.24. The van der Waals surface area contributed by atoms with Gasteiger partial charge in [-0.25, -0.2) is 18.0 Å². The van der Waals surface area contributed by atoms with Gasteiger partial charge in [-0.3, -0.25) is 24.0 Å². The minimum atomic E-state index is -3.86. The van der Waals surface area contributed by atoms with E-state index < -0.39 is 68.9 Å². The predicted molar refractivity (Wildman–Crippen MR) is 190 cm³/mol. The molecule has 286 valence electrons. The van der Waals surface area contributed by atoms with E-state index in [9.17, 15) is 32.4 Å². The summed E-state index contributed by atoms with van der Waals surface area (Å²) in [6, 6.07) is 4.00. The average Bonchev–Trinajstić information content (AvgIpc) is 4.01. The molecule has 5 atom stereocenters. The minimum Gasteiger partial charge on any atom is -0.450 e. The molecule has 15 heteroatoms. The lowest BCUT2D eigenvalue weighted by Gasteiger charge is -2.29. The maximum atomic E-state index is 14.3. The molecule has 2 aliphatic carbocycles. The van der Waals surface area contributed by atoms with Crippen LogP contribution in [0.5, 0.6) is 0 Å². The molecule has 3 N–H and O–H groups in total. The Bertz CT molecular complexity index is 1650. The Labute approximate surface area is 306 Å². The van der Waals surface area contributed by atoms with Crippen LogP contribution in [0.1, 0.15) is 114 Å². The zero-order valence-electron chi connectivity index (χ0n) is 30.3. The lowest BCUT2D eigenvalue weighted by atomic mass is 9.98. The normalized spacial score (nSPS) is 28.6.